The number of nitrogen functional groups attached to an aromatic ring is 1. The number of nitrogens with zero attached hydrogens (tertiary/aromatic N) is 3. The molecule has 0 aliphatic carbocycles. The lowest BCUT2D eigenvalue weighted by Crippen LogP contribution is -2.48. The maximum Gasteiger partial charge on any atom is 0.233 e. The van der Waals surface area contributed by atoms with Crippen LogP contribution in [0.3, 0.4) is 0 Å². The number of thioether (sulfide) groups is 1. The molecule has 2 aromatic heterocycles. The minimum Gasteiger partial charge on any atom is -0.383 e. The van der Waals surface area contributed by atoms with Gasteiger partial charge in [0, 0.05) is 18.0 Å². The molecule has 0 radical (unpaired) electrons. The van der Waals surface area contributed by atoms with Gasteiger partial charge < -0.3 is 15.4 Å². The lowest BCUT2D eigenvalue weighted by molar-refractivity contribution is -0.140. The molecule has 1 aliphatic heterocycles. The third kappa shape index (κ3) is 3.50. The number of fused-ring (bicyclic) bond motifs is 1. The van der Waals surface area contributed by atoms with E-state index in [0.717, 1.165) is 15.8 Å². The van der Waals surface area contributed by atoms with Gasteiger partial charge in [0.1, 0.15) is 10.6 Å². The summed E-state index contributed by atoms with van der Waals surface area (Å²) in [6.07, 6.45) is 0.144. The van der Waals surface area contributed by atoms with Crippen LogP contribution >= 0.6 is 23.1 Å². The predicted molar refractivity (Wildman–Crippen MR) is 98.6 cm³/mol. The van der Waals surface area contributed by atoms with Crippen molar-refractivity contribution >= 4 is 45.0 Å². The van der Waals surface area contributed by atoms with Crippen LogP contribution in [0.4, 0.5) is 5.82 Å². The van der Waals surface area contributed by atoms with Gasteiger partial charge in [-0.05, 0) is 33.3 Å². The highest BCUT2D eigenvalue weighted by Crippen LogP contribution is 2.33. The number of amides is 1. The van der Waals surface area contributed by atoms with Gasteiger partial charge in [0.25, 0.3) is 0 Å². The zero-order valence-electron chi connectivity index (χ0n) is 14.3. The van der Waals surface area contributed by atoms with E-state index in [1.165, 1.54) is 16.6 Å². The van der Waals surface area contributed by atoms with E-state index < -0.39 is 0 Å². The summed E-state index contributed by atoms with van der Waals surface area (Å²) in [7, 11) is 0. The molecule has 1 aliphatic rings. The smallest absolute Gasteiger partial charge is 0.233 e. The Morgan fingerprint density at radius 2 is 2.00 bits per heavy atom. The molecule has 0 spiro atoms. The van der Waals surface area contributed by atoms with E-state index in [1.54, 1.807) is 11.3 Å². The molecule has 1 fully saturated rings. The molecule has 3 rings (SSSR count). The molecule has 8 heteroatoms. The Hall–Kier alpha value is -1.38. The third-order valence-corrected chi connectivity index (χ3v) is 6.07. The van der Waals surface area contributed by atoms with Crippen LogP contribution in [-0.4, -0.2) is 51.8 Å². The van der Waals surface area contributed by atoms with Crippen LogP contribution in [0.1, 0.15) is 24.3 Å². The van der Waals surface area contributed by atoms with E-state index in [4.69, 9.17) is 10.5 Å². The Morgan fingerprint density at radius 3 is 2.67 bits per heavy atom. The summed E-state index contributed by atoms with van der Waals surface area (Å²) in [5.74, 6) is 0.890. The summed E-state index contributed by atoms with van der Waals surface area (Å²) in [5.41, 5.74) is 7.22. The van der Waals surface area contributed by atoms with Crippen molar-refractivity contribution in [3.63, 3.8) is 0 Å². The molecule has 6 nitrogen and oxygen atoms in total. The number of morpholine rings is 1. The normalized spacial score (nSPS) is 21.4. The topological polar surface area (TPSA) is 81.3 Å². The summed E-state index contributed by atoms with van der Waals surface area (Å²) in [4.78, 5) is 25.3. The van der Waals surface area contributed by atoms with Gasteiger partial charge in [-0.25, -0.2) is 9.97 Å². The summed E-state index contributed by atoms with van der Waals surface area (Å²) in [6, 6.07) is 0. The molecule has 2 aromatic rings. The maximum absolute atomic E-state index is 12.4. The average molecular weight is 367 g/mol. The molecule has 2 atom stereocenters. The number of thiophene rings is 1. The number of hydrogen-bond acceptors (Lipinski definition) is 7. The molecule has 24 heavy (non-hydrogen) atoms. The van der Waals surface area contributed by atoms with Gasteiger partial charge in [0.15, 0.2) is 5.16 Å². The predicted octanol–water partition coefficient (Wildman–Crippen LogP) is 2.62. The minimum atomic E-state index is 0.0722. The van der Waals surface area contributed by atoms with E-state index >= 15 is 0 Å². The van der Waals surface area contributed by atoms with Crippen LogP contribution in [-0.2, 0) is 9.53 Å². The second-order valence-electron chi connectivity index (χ2n) is 6.20. The van der Waals surface area contributed by atoms with Crippen molar-refractivity contribution in [1.82, 2.24) is 14.9 Å². The van der Waals surface area contributed by atoms with E-state index in [1.807, 2.05) is 25.7 Å². The van der Waals surface area contributed by atoms with Crippen LogP contribution in [0.15, 0.2) is 5.16 Å². The fourth-order valence-corrected chi connectivity index (χ4v) is 4.77. The molecular weight excluding hydrogens is 344 g/mol. The summed E-state index contributed by atoms with van der Waals surface area (Å²) in [5, 5.41) is 1.49. The van der Waals surface area contributed by atoms with Crippen LogP contribution in [0.25, 0.3) is 10.2 Å². The Balaban J connectivity index is 1.70. The lowest BCUT2D eigenvalue weighted by atomic mass is 10.2. The van der Waals surface area contributed by atoms with Crippen LogP contribution < -0.4 is 5.73 Å². The molecular formula is C16H22N4O2S2. The summed E-state index contributed by atoms with van der Waals surface area (Å²) in [6.45, 7) is 9.33. The van der Waals surface area contributed by atoms with Gasteiger partial charge in [-0.15, -0.1) is 11.3 Å². The van der Waals surface area contributed by atoms with Crippen LogP contribution in [0.2, 0.25) is 0 Å². The number of ether oxygens (including phenoxy) is 1. The van der Waals surface area contributed by atoms with E-state index in [2.05, 4.69) is 16.9 Å². The Bertz CT molecular complexity index is 767. The fourth-order valence-electron chi connectivity index (χ4n) is 2.92. The van der Waals surface area contributed by atoms with E-state index in [-0.39, 0.29) is 18.1 Å². The Labute approximate surface area is 149 Å². The molecule has 1 saturated heterocycles. The third-order valence-electron chi connectivity index (χ3n) is 4.13. The van der Waals surface area contributed by atoms with E-state index in [9.17, 15) is 4.79 Å². The largest absolute Gasteiger partial charge is 0.383 e. The van der Waals surface area contributed by atoms with Gasteiger partial charge in [0.2, 0.25) is 5.91 Å². The van der Waals surface area contributed by atoms with Crippen molar-refractivity contribution in [2.75, 3.05) is 24.6 Å². The van der Waals surface area contributed by atoms with Gasteiger partial charge in [0.05, 0.1) is 23.3 Å². The van der Waals surface area contributed by atoms with Crippen LogP contribution in [0, 0.1) is 13.8 Å². The first-order valence-electron chi connectivity index (χ1n) is 7.94. The van der Waals surface area contributed by atoms with Gasteiger partial charge >= 0.3 is 0 Å². The average Bonchev–Trinajstić information content (AvgIpc) is 2.79. The highest BCUT2D eigenvalue weighted by atomic mass is 32.2. The standard InChI is InChI=1S/C16H22N4O2S2/c1-8-5-20(6-9(2)22-8)12(21)7-23-16-18-14(17)13-10(3)11(4)24-15(13)19-16/h8-9H,5-7H2,1-4H3,(H2,17,18,19). The first-order chi connectivity index (χ1) is 11.3. The molecule has 0 aromatic carbocycles. The van der Waals surface area contributed by atoms with Gasteiger partial charge in [-0.2, -0.15) is 0 Å². The molecule has 0 bridgehead atoms. The highest BCUT2D eigenvalue weighted by molar-refractivity contribution is 7.99. The summed E-state index contributed by atoms with van der Waals surface area (Å²) < 4.78 is 5.67. The first-order valence-corrected chi connectivity index (χ1v) is 9.74. The minimum absolute atomic E-state index is 0.0722. The zero-order valence-corrected chi connectivity index (χ0v) is 16.0. The molecule has 2 unspecified atom stereocenters. The van der Waals surface area contributed by atoms with Gasteiger partial charge in [-0.1, -0.05) is 11.8 Å². The van der Waals surface area contributed by atoms with Crippen molar-refractivity contribution in [1.29, 1.82) is 0 Å². The monoisotopic (exact) mass is 366 g/mol. The van der Waals surface area contributed by atoms with Gasteiger partial charge in [-0.3, -0.25) is 4.79 Å². The maximum atomic E-state index is 12.4. The zero-order chi connectivity index (χ0) is 17.4. The first kappa shape index (κ1) is 17.4. The van der Waals surface area contributed by atoms with Crippen molar-refractivity contribution < 1.29 is 9.53 Å². The highest BCUT2D eigenvalue weighted by Gasteiger charge is 2.26. The van der Waals surface area contributed by atoms with E-state index in [0.29, 0.717) is 29.8 Å². The number of carbonyl (C=O) groups excluding carboxylic acids is 1. The van der Waals surface area contributed by atoms with Crippen molar-refractivity contribution in [2.24, 2.45) is 0 Å². The number of nitrogens with two attached hydrogens (primary N) is 1. The molecule has 0 saturated carbocycles. The molecule has 1 amide bonds. The second kappa shape index (κ2) is 6.85. The number of aryl methyl sites for hydroxylation is 2. The number of aromatic nitrogens is 2. The fraction of sp³-hybridized carbons (Fsp3) is 0.562. The Morgan fingerprint density at radius 1 is 1.33 bits per heavy atom. The second-order valence-corrected chi connectivity index (χ2v) is 8.35. The van der Waals surface area contributed by atoms with Crippen molar-refractivity contribution in [3.05, 3.63) is 10.4 Å². The number of carbonyl (C=O) groups is 1. The number of rotatable bonds is 3. The SMILES string of the molecule is Cc1sc2nc(SCC(=O)N3CC(C)OC(C)C3)nc(N)c2c1C. The van der Waals surface area contributed by atoms with Crippen molar-refractivity contribution in [3.8, 4) is 0 Å². The molecule has 3 heterocycles. The molecule has 130 valence electrons. The summed E-state index contributed by atoms with van der Waals surface area (Å²) >= 11 is 2.95. The Kier molecular flexibility index (Phi) is 4.98. The quantitative estimate of drug-likeness (QED) is 0.664. The lowest BCUT2D eigenvalue weighted by Gasteiger charge is -2.35. The van der Waals surface area contributed by atoms with Crippen LogP contribution in [0.5, 0.6) is 0 Å². The number of anilines is 1. The van der Waals surface area contributed by atoms with Crippen molar-refractivity contribution in [2.45, 2.75) is 45.1 Å². The number of hydrogen-bond donors (Lipinski definition) is 1. The molecule has 2 N–H and O–H groups in total.